The molecule has 0 fully saturated rings. The van der Waals surface area contributed by atoms with Crippen LogP contribution in [0.3, 0.4) is 0 Å². The Bertz CT molecular complexity index is 1520. The largest absolute Gasteiger partial charge is 0.573 e. The van der Waals surface area contributed by atoms with Gasteiger partial charge in [0.05, 0.1) is 5.69 Å². The number of unbranched alkanes of at least 4 members (excludes halogenated alkanes) is 1. The Labute approximate surface area is 248 Å². The zero-order valence-electron chi connectivity index (χ0n) is 23.5. The number of urea groups is 1. The van der Waals surface area contributed by atoms with E-state index in [1.54, 1.807) is 0 Å². The number of aryl methyl sites for hydroxylation is 2. The fourth-order valence-electron chi connectivity index (χ4n) is 4.38. The number of nitrogens with zero attached hydrogens (tertiary/aromatic N) is 3. The predicted octanol–water partition coefficient (Wildman–Crippen LogP) is 7.26. The molecule has 4 rings (SSSR count). The third-order valence-electron chi connectivity index (χ3n) is 6.52. The Kier molecular flexibility index (Phi) is 9.95. The number of halogens is 3. The van der Waals surface area contributed by atoms with Crippen LogP contribution < -0.4 is 15.4 Å². The van der Waals surface area contributed by atoms with Crippen LogP contribution in [0.25, 0.3) is 17.1 Å². The summed E-state index contributed by atoms with van der Waals surface area (Å²) in [4.78, 5) is 17.1. The highest BCUT2D eigenvalue weighted by atomic mass is 32.1. The maximum Gasteiger partial charge on any atom is 0.573 e. The molecule has 0 aliphatic carbocycles. The molecule has 11 heteroatoms. The number of carbonyl (C=O) groups is 1. The number of hydrogen-bond acceptors (Lipinski definition) is 5. The number of thiocarbonyl (C=S) groups is 1. The van der Waals surface area contributed by atoms with E-state index < -0.39 is 6.36 Å². The van der Waals surface area contributed by atoms with Crippen LogP contribution in [-0.4, -0.2) is 38.7 Å². The second-order valence-electron chi connectivity index (χ2n) is 10.2. The molecule has 0 saturated carbocycles. The van der Waals surface area contributed by atoms with Crippen LogP contribution in [0.5, 0.6) is 5.75 Å². The first kappa shape index (κ1) is 30.7. The summed E-state index contributed by atoms with van der Waals surface area (Å²) >= 11 is 5.50. The maximum absolute atomic E-state index is 12.4. The van der Waals surface area contributed by atoms with Gasteiger partial charge in [-0.15, -0.1) is 18.3 Å². The zero-order valence-corrected chi connectivity index (χ0v) is 24.4. The van der Waals surface area contributed by atoms with Gasteiger partial charge in [0.25, 0.3) is 0 Å². The smallest absolute Gasteiger partial charge is 0.406 e. The minimum Gasteiger partial charge on any atom is -0.406 e. The lowest BCUT2D eigenvalue weighted by atomic mass is 9.95. The van der Waals surface area contributed by atoms with Crippen LogP contribution in [0.2, 0.25) is 0 Å². The second-order valence-corrected chi connectivity index (χ2v) is 10.6. The number of rotatable bonds is 10. The number of amides is 2. The first-order chi connectivity index (χ1) is 20.0. The molecule has 0 aliphatic heterocycles. The fraction of sp³-hybridized carbons (Fsp3) is 0.290. The molecule has 42 heavy (non-hydrogen) atoms. The molecule has 1 aromatic heterocycles. The number of aromatic nitrogens is 3. The summed E-state index contributed by atoms with van der Waals surface area (Å²) in [5, 5.41) is 10.1. The molecule has 0 aliphatic rings. The lowest BCUT2D eigenvalue weighted by Crippen LogP contribution is -2.39. The molecule has 0 bridgehead atoms. The van der Waals surface area contributed by atoms with Crippen LogP contribution in [0.1, 0.15) is 54.9 Å². The Morgan fingerprint density at radius 3 is 2.40 bits per heavy atom. The van der Waals surface area contributed by atoms with Gasteiger partial charge in [0.2, 0.25) is 0 Å². The SMILES string of the molecule is Cc1ccc(C(C)C)c(C(=S)NC(=O)NCCCCc2ccc(-c3ncn(-c4ccc(OC(F)(F)F)cc4)n3)cc2)c1. The lowest BCUT2D eigenvalue weighted by molar-refractivity contribution is -0.274. The van der Waals surface area contributed by atoms with Crippen LogP contribution in [0, 0.1) is 6.92 Å². The number of ether oxygens (including phenoxy) is 1. The van der Waals surface area contributed by atoms with Gasteiger partial charge in [0.15, 0.2) is 5.82 Å². The van der Waals surface area contributed by atoms with E-state index in [9.17, 15) is 18.0 Å². The van der Waals surface area contributed by atoms with Crippen molar-refractivity contribution in [3.05, 3.63) is 95.3 Å². The van der Waals surface area contributed by atoms with Crippen LogP contribution in [-0.2, 0) is 6.42 Å². The van der Waals surface area contributed by atoms with Crippen LogP contribution in [0.15, 0.2) is 73.1 Å². The minimum absolute atomic E-state index is 0.294. The van der Waals surface area contributed by atoms with Gasteiger partial charge in [-0.05, 0) is 73.6 Å². The monoisotopic (exact) mass is 595 g/mol. The molecule has 0 unspecified atom stereocenters. The molecule has 0 spiro atoms. The average Bonchev–Trinajstić information content (AvgIpc) is 3.43. The van der Waals surface area contributed by atoms with E-state index in [1.165, 1.54) is 35.3 Å². The number of alkyl halides is 3. The van der Waals surface area contributed by atoms with Crippen molar-refractivity contribution in [2.45, 2.75) is 52.3 Å². The van der Waals surface area contributed by atoms with Gasteiger partial charge < -0.3 is 10.1 Å². The van der Waals surface area contributed by atoms with Crippen LogP contribution in [0.4, 0.5) is 18.0 Å². The third kappa shape index (κ3) is 8.62. The molecule has 0 radical (unpaired) electrons. The Morgan fingerprint density at radius 2 is 1.74 bits per heavy atom. The van der Waals surface area contributed by atoms with E-state index in [4.69, 9.17) is 12.2 Å². The summed E-state index contributed by atoms with van der Waals surface area (Å²) in [6, 6.07) is 19.1. The highest BCUT2D eigenvalue weighted by Crippen LogP contribution is 2.24. The fourth-order valence-corrected chi connectivity index (χ4v) is 4.65. The van der Waals surface area contributed by atoms with Gasteiger partial charge in [-0.1, -0.05) is 68.0 Å². The molecule has 2 amide bonds. The van der Waals surface area contributed by atoms with Gasteiger partial charge in [0, 0.05) is 17.7 Å². The number of carbonyl (C=O) groups excluding carboxylic acids is 1. The third-order valence-corrected chi connectivity index (χ3v) is 6.84. The summed E-state index contributed by atoms with van der Waals surface area (Å²) in [6.07, 6.45) is -0.695. The van der Waals surface area contributed by atoms with E-state index in [1.807, 2.05) is 43.3 Å². The molecule has 220 valence electrons. The first-order valence-electron chi connectivity index (χ1n) is 13.6. The quantitative estimate of drug-likeness (QED) is 0.149. The molecule has 0 atom stereocenters. The molecular formula is C31H32F3N5O2S. The minimum atomic E-state index is -4.74. The van der Waals surface area contributed by atoms with E-state index in [-0.39, 0.29) is 11.8 Å². The summed E-state index contributed by atoms with van der Waals surface area (Å²) < 4.78 is 42.5. The van der Waals surface area contributed by atoms with E-state index in [2.05, 4.69) is 45.4 Å². The highest BCUT2D eigenvalue weighted by Gasteiger charge is 2.31. The molecule has 4 aromatic rings. The molecule has 7 nitrogen and oxygen atoms in total. The van der Waals surface area contributed by atoms with Gasteiger partial charge in [-0.2, -0.15) is 0 Å². The normalized spacial score (nSPS) is 11.4. The van der Waals surface area contributed by atoms with Crippen molar-refractivity contribution >= 4 is 23.2 Å². The standard InChI is InChI=1S/C31H32F3N5O2S/c1-20(2)26-16-7-21(3)18-27(26)29(42)37-30(40)35-17-5-4-6-22-8-10-23(11-9-22)28-36-19-39(38-28)24-12-14-25(15-13-24)41-31(32,33)34/h7-16,18-20H,4-6,17H2,1-3H3,(H2,35,37,40,42). The van der Waals surface area contributed by atoms with E-state index in [0.717, 1.165) is 47.1 Å². The highest BCUT2D eigenvalue weighted by molar-refractivity contribution is 7.80. The molecule has 0 saturated heterocycles. The predicted molar refractivity (Wildman–Crippen MR) is 160 cm³/mol. The summed E-state index contributed by atoms with van der Waals surface area (Å²) in [7, 11) is 0. The molecular weight excluding hydrogens is 563 g/mol. The Morgan fingerprint density at radius 1 is 1.02 bits per heavy atom. The van der Waals surface area contributed by atoms with E-state index >= 15 is 0 Å². The van der Waals surface area contributed by atoms with Crippen molar-refractivity contribution in [3.63, 3.8) is 0 Å². The van der Waals surface area contributed by atoms with Crippen molar-refractivity contribution in [3.8, 4) is 22.8 Å². The number of hydrogen-bond donors (Lipinski definition) is 2. The Balaban J connectivity index is 1.21. The topological polar surface area (TPSA) is 81.1 Å². The second kappa shape index (κ2) is 13.6. The van der Waals surface area contributed by atoms with Gasteiger partial charge in [-0.3, -0.25) is 5.32 Å². The van der Waals surface area contributed by atoms with Crippen molar-refractivity contribution in [1.29, 1.82) is 0 Å². The van der Waals surface area contributed by atoms with Gasteiger partial charge in [0.1, 0.15) is 17.1 Å². The molecule has 1 heterocycles. The average molecular weight is 596 g/mol. The lowest BCUT2D eigenvalue weighted by Gasteiger charge is -2.15. The summed E-state index contributed by atoms with van der Waals surface area (Å²) in [6.45, 7) is 6.73. The maximum atomic E-state index is 12.4. The first-order valence-corrected chi connectivity index (χ1v) is 14.0. The number of benzene rings is 3. The van der Waals surface area contributed by atoms with Crippen molar-refractivity contribution < 1.29 is 22.7 Å². The number of nitrogens with one attached hydrogen (secondary N) is 2. The van der Waals surface area contributed by atoms with E-state index in [0.29, 0.717) is 29.0 Å². The van der Waals surface area contributed by atoms with Crippen molar-refractivity contribution in [2.24, 2.45) is 0 Å². The molecule has 2 N–H and O–H groups in total. The zero-order chi connectivity index (χ0) is 30.3. The van der Waals surface area contributed by atoms with Crippen LogP contribution >= 0.6 is 12.2 Å². The summed E-state index contributed by atoms with van der Waals surface area (Å²) in [5.41, 5.74) is 5.59. The van der Waals surface area contributed by atoms with Gasteiger partial charge >= 0.3 is 12.4 Å². The Hall–Kier alpha value is -4.25. The van der Waals surface area contributed by atoms with Gasteiger partial charge in [-0.25, -0.2) is 14.5 Å². The molecule has 3 aromatic carbocycles. The van der Waals surface area contributed by atoms with Crippen molar-refractivity contribution in [1.82, 2.24) is 25.4 Å². The summed E-state index contributed by atoms with van der Waals surface area (Å²) in [5.74, 6) is 0.488. The van der Waals surface area contributed by atoms with Crippen molar-refractivity contribution in [2.75, 3.05) is 6.54 Å².